The number of benzene rings is 1. The first-order valence-electron chi connectivity index (χ1n) is 5.58. The highest BCUT2D eigenvalue weighted by atomic mass is 79.9. The van der Waals surface area contributed by atoms with Crippen LogP contribution in [0.25, 0.3) is 10.8 Å². The van der Waals surface area contributed by atoms with Gasteiger partial charge in [0.1, 0.15) is 0 Å². The number of halogens is 2. The van der Waals surface area contributed by atoms with Gasteiger partial charge < -0.3 is 5.73 Å². The van der Waals surface area contributed by atoms with E-state index in [9.17, 15) is 4.79 Å². The number of primary amides is 1. The van der Waals surface area contributed by atoms with Gasteiger partial charge >= 0.3 is 0 Å². The molecule has 0 aliphatic heterocycles. The van der Waals surface area contributed by atoms with Crippen LogP contribution in [0.3, 0.4) is 0 Å². The van der Waals surface area contributed by atoms with Gasteiger partial charge in [0.15, 0.2) is 0 Å². The van der Waals surface area contributed by atoms with Crippen molar-refractivity contribution in [3.63, 3.8) is 0 Å². The van der Waals surface area contributed by atoms with Crippen molar-refractivity contribution in [2.75, 3.05) is 0 Å². The number of hydrogen-bond acceptors (Lipinski definition) is 2. The zero-order valence-corrected chi connectivity index (χ0v) is 11.8. The Labute approximate surface area is 117 Å². The van der Waals surface area contributed by atoms with Crippen LogP contribution in [0.4, 0.5) is 0 Å². The third-order valence-corrected chi connectivity index (χ3v) is 4.67. The molecule has 18 heavy (non-hydrogen) atoms. The van der Waals surface area contributed by atoms with E-state index in [4.69, 9.17) is 17.3 Å². The molecule has 2 N–H and O–H groups in total. The molecule has 1 amide bonds. The van der Waals surface area contributed by atoms with Gasteiger partial charge in [0, 0.05) is 16.1 Å². The molecule has 5 heteroatoms. The van der Waals surface area contributed by atoms with Crippen LogP contribution in [0.5, 0.6) is 0 Å². The molecule has 1 aliphatic rings. The van der Waals surface area contributed by atoms with Gasteiger partial charge in [-0.05, 0) is 52.4 Å². The van der Waals surface area contributed by atoms with Gasteiger partial charge in [-0.15, -0.1) is 0 Å². The van der Waals surface area contributed by atoms with Crippen molar-refractivity contribution in [3.05, 3.63) is 39.6 Å². The summed E-state index contributed by atoms with van der Waals surface area (Å²) in [5.41, 5.74) is 5.67. The number of aromatic nitrogens is 1. The van der Waals surface area contributed by atoms with Crippen LogP contribution in [0.15, 0.2) is 28.9 Å². The van der Waals surface area contributed by atoms with Gasteiger partial charge in [0.2, 0.25) is 5.91 Å². The number of pyridine rings is 1. The number of nitrogens with two attached hydrogens (primary N) is 1. The van der Waals surface area contributed by atoms with Gasteiger partial charge in [-0.2, -0.15) is 0 Å². The maximum Gasteiger partial charge on any atom is 0.229 e. The molecule has 92 valence electrons. The molecule has 1 heterocycles. The minimum absolute atomic E-state index is 0.289. The lowest BCUT2D eigenvalue weighted by Crippen LogP contribution is -2.29. The Morgan fingerprint density at radius 3 is 2.67 bits per heavy atom. The zero-order valence-electron chi connectivity index (χ0n) is 9.41. The predicted molar refractivity (Wildman–Crippen MR) is 74.6 cm³/mol. The van der Waals surface area contributed by atoms with Gasteiger partial charge in [-0.1, -0.05) is 11.6 Å². The summed E-state index contributed by atoms with van der Waals surface area (Å²) < 4.78 is 0.831. The van der Waals surface area contributed by atoms with Crippen molar-refractivity contribution in [1.29, 1.82) is 0 Å². The Bertz CT molecular complexity index is 667. The predicted octanol–water partition coefficient (Wildman–Crippen LogP) is 3.17. The van der Waals surface area contributed by atoms with E-state index < -0.39 is 5.41 Å². The molecule has 0 saturated heterocycles. The van der Waals surface area contributed by atoms with Gasteiger partial charge in [0.05, 0.1) is 16.1 Å². The minimum atomic E-state index is -0.541. The van der Waals surface area contributed by atoms with E-state index >= 15 is 0 Å². The zero-order chi connectivity index (χ0) is 12.9. The monoisotopic (exact) mass is 324 g/mol. The highest BCUT2D eigenvalue weighted by Gasteiger charge is 2.51. The third-order valence-electron chi connectivity index (χ3n) is 3.47. The molecular formula is C13H10BrClN2O. The first-order valence-corrected chi connectivity index (χ1v) is 6.75. The fraction of sp³-hybridized carbons (Fsp3) is 0.231. The number of rotatable bonds is 2. The summed E-state index contributed by atoms with van der Waals surface area (Å²) in [7, 11) is 0. The van der Waals surface area contributed by atoms with Crippen LogP contribution < -0.4 is 5.73 Å². The van der Waals surface area contributed by atoms with Crippen molar-refractivity contribution in [3.8, 4) is 0 Å². The molecule has 1 aromatic heterocycles. The fourth-order valence-corrected chi connectivity index (χ4v) is 2.69. The average molecular weight is 326 g/mol. The van der Waals surface area contributed by atoms with Crippen LogP contribution in [-0.4, -0.2) is 10.9 Å². The first-order chi connectivity index (χ1) is 8.53. The molecule has 3 rings (SSSR count). The van der Waals surface area contributed by atoms with Crippen molar-refractivity contribution < 1.29 is 4.79 Å². The van der Waals surface area contributed by atoms with E-state index in [1.54, 1.807) is 6.20 Å². The maximum atomic E-state index is 11.5. The lowest BCUT2D eigenvalue weighted by Gasteiger charge is -2.11. The molecule has 0 radical (unpaired) electrons. The lowest BCUT2D eigenvalue weighted by atomic mass is 9.99. The topological polar surface area (TPSA) is 56.0 Å². The Morgan fingerprint density at radius 1 is 1.33 bits per heavy atom. The van der Waals surface area contributed by atoms with Crippen LogP contribution in [0, 0.1) is 0 Å². The largest absolute Gasteiger partial charge is 0.369 e. The van der Waals surface area contributed by atoms with Gasteiger partial charge in [-0.25, -0.2) is 0 Å². The number of amides is 1. The lowest BCUT2D eigenvalue weighted by molar-refractivity contribution is -0.120. The number of nitrogens with zero attached hydrogens (tertiary/aromatic N) is 1. The second kappa shape index (κ2) is 3.93. The summed E-state index contributed by atoms with van der Waals surface area (Å²) in [5.74, 6) is -0.289. The second-order valence-electron chi connectivity index (χ2n) is 4.63. The Kier molecular flexibility index (Phi) is 2.61. The van der Waals surface area contributed by atoms with Crippen LogP contribution in [0.1, 0.15) is 18.5 Å². The SMILES string of the molecule is NC(=O)C1(c2cc3cc(Br)c(Cl)cc3cn2)CC1. The molecule has 0 atom stereocenters. The van der Waals surface area contributed by atoms with Crippen molar-refractivity contribution in [1.82, 2.24) is 4.98 Å². The Balaban J connectivity index is 2.17. The van der Waals surface area contributed by atoms with E-state index in [0.717, 1.165) is 33.8 Å². The van der Waals surface area contributed by atoms with Crippen molar-refractivity contribution in [2.24, 2.45) is 5.73 Å². The Morgan fingerprint density at radius 2 is 2.06 bits per heavy atom. The quantitative estimate of drug-likeness (QED) is 0.922. The smallest absolute Gasteiger partial charge is 0.229 e. The molecule has 1 aromatic carbocycles. The Hall–Kier alpha value is -1.13. The van der Waals surface area contributed by atoms with E-state index in [2.05, 4.69) is 20.9 Å². The molecular weight excluding hydrogens is 316 g/mol. The van der Waals surface area contributed by atoms with Gasteiger partial charge in [-0.3, -0.25) is 9.78 Å². The molecule has 1 fully saturated rings. The van der Waals surface area contributed by atoms with Crippen LogP contribution >= 0.6 is 27.5 Å². The summed E-state index contributed by atoms with van der Waals surface area (Å²) in [6.45, 7) is 0. The van der Waals surface area contributed by atoms with E-state index in [0.29, 0.717) is 5.02 Å². The number of carbonyl (C=O) groups excluding carboxylic acids is 1. The summed E-state index contributed by atoms with van der Waals surface area (Å²) in [6, 6.07) is 5.70. The maximum absolute atomic E-state index is 11.5. The second-order valence-corrected chi connectivity index (χ2v) is 5.89. The highest BCUT2D eigenvalue weighted by molar-refractivity contribution is 9.10. The molecule has 1 aliphatic carbocycles. The number of hydrogen-bond donors (Lipinski definition) is 1. The molecule has 0 unspecified atom stereocenters. The van der Waals surface area contributed by atoms with Crippen LogP contribution in [-0.2, 0) is 10.2 Å². The number of carbonyl (C=O) groups is 1. The molecule has 0 spiro atoms. The average Bonchev–Trinajstić information content (AvgIpc) is 3.11. The van der Waals surface area contributed by atoms with E-state index in [1.165, 1.54) is 0 Å². The van der Waals surface area contributed by atoms with Crippen LogP contribution in [0.2, 0.25) is 5.02 Å². The highest BCUT2D eigenvalue weighted by Crippen LogP contribution is 2.47. The molecule has 3 nitrogen and oxygen atoms in total. The summed E-state index contributed by atoms with van der Waals surface area (Å²) in [5, 5.41) is 2.60. The number of fused-ring (bicyclic) bond motifs is 1. The fourth-order valence-electron chi connectivity index (χ4n) is 2.15. The van der Waals surface area contributed by atoms with Crippen molar-refractivity contribution >= 4 is 44.2 Å². The normalized spacial score (nSPS) is 16.8. The summed E-state index contributed by atoms with van der Waals surface area (Å²) >= 11 is 9.42. The third kappa shape index (κ3) is 1.71. The minimum Gasteiger partial charge on any atom is -0.369 e. The van der Waals surface area contributed by atoms with Crippen molar-refractivity contribution in [2.45, 2.75) is 18.3 Å². The molecule has 1 saturated carbocycles. The van der Waals surface area contributed by atoms with E-state index in [1.807, 2.05) is 18.2 Å². The standard InChI is InChI=1S/C13H10BrClN2O/c14-9-3-7-5-11(13(1-2-13)12(16)18)17-6-8(7)4-10(9)15/h3-6H,1-2H2,(H2,16,18). The molecule has 0 bridgehead atoms. The molecule has 2 aromatic rings. The van der Waals surface area contributed by atoms with Gasteiger partial charge in [0.25, 0.3) is 0 Å². The summed E-state index contributed by atoms with van der Waals surface area (Å²) in [6.07, 6.45) is 3.32. The van der Waals surface area contributed by atoms with E-state index in [-0.39, 0.29) is 5.91 Å². The first kappa shape index (κ1) is 11.9. The summed E-state index contributed by atoms with van der Waals surface area (Å²) in [4.78, 5) is 15.9.